The maximum absolute atomic E-state index is 12.8. The second-order valence-corrected chi connectivity index (χ2v) is 6.26. The van der Waals surface area contributed by atoms with Gasteiger partial charge in [0.25, 0.3) is 0 Å². The van der Waals surface area contributed by atoms with E-state index in [-0.39, 0.29) is 27.5 Å². The summed E-state index contributed by atoms with van der Waals surface area (Å²) in [4.78, 5) is 39.5. The molecule has 0 bridgehead atoms. The standard InChI is InChI=1S/C16H15N7O4/c1-9-2-3-10-11(8-9)15(25)13-12(14(10)24)19-23(27)22(13)20-18-16(26)21-6-4-17-5-7-21/h2-3,8,17H,4-7H2,1H3. The SMILES string of the molecule is Cc1ccc2c(c1)C(=O)c1c(n[n+]([O-])n1N=NC(=O)N1CCNCC1)C2=O. The molecule has 1 aliphatic carbocycles. The van der Waals surface area contributed by atoms with Crippen molar-refractivity contribution < 1.29 is 19.3 Å². The van der Waals surface area contributed by atoms with Crippen LogP contribution in [-0.2, 0) is 0 Å². The first-order chi connectivity index (χ1) is 13.0. The lowest BCUT2D eigenvalue weighted by Gasteiger charge is -2.24. The van der Waals surface area contributed by atoms with E-state index in [0.717, 1.165) is 5.56 Å². The van der Waals surface area contributed by atoms with Crippen molar-refractivity contribution >= 4 is 17.6 Å². The van der Waals surface area contributed by atoms with Crippen molar-refractivity contribution in [2.75, 3.05) is 26.2 Å². The molecule has 2 aliphatic rings. The Morgan fingerprint density at radius 2 is 1.96 bits per heavy atom. The Morgan fingerprint density at radius 1 is 1.22 bits per heavy atom. The lowest BCUT2D eigenvalue weighted by atomic mass is 9.89. The number of carbonyl (C=O) groups excluding carboxylic acids is 3. The van der Waals surface area contributed by atoms with Gasteiger partial charge in [-0.3, -0.25) is 9.59 Å². The largest absolute Gasteiger partial charge is 0.672 e. The molecule has 11 heteroatoms. The summed E-state index contributed by atoms with van der Waals surface area (Å²) in [5.74, 6) is -1.12. The maximum Gasteiger partial charge on any atom is 0.386 e. The predicted molar refractivity (Wildman–Crippen MR) is 89.3 cm³/mol. The Balaban J connectivity index is 1.71. The molecule has 11 nitrogen and oxygen atoms in total. The van der Waals surface area contributed by atoms with Crippen molar-refractivity contribution in [1.82, 2.24) is 20.1 Å². The number of aryl methyl sites for hydroxylation is 1. The number of piperazine rings is 1. The molecule has 0 atom stereocenters. The Bertz CT molecular complexity index is 1000. The molecule has 1 aromatic heterocycles. The molecule has 138 valence electrons. The molecule has 2 amide bonds. The van der Waals surface area contributed by atoms with Gasteiger partial charge in [-0.1, -0.05) is 16.7 Å². The predicted octanol–water partition coefficient (Wildman–Crippen LogP) is -0.159. The molecule has 1 N–H and O–H groups in total. The van der Waals surface area contributed by atoms with Crippen LogP contribution in [0.15, 0.2) is 28.5 Å². The summed E-state index contributed by atoms with van der Waals surface area (Å²) < 4.78 is 0. The van der Waals surface area contributed by atoms with E-state index in [1.165, 1.54) is 11.0 Å². The molecular formula is C16H15N7O4. The van der Waals surface area contributed by atoms with Gasteiger partial charge in [0, 0.05) is 42.1 Å². The highest BCUT2D eigenvalue weighted by Crippen LogP contribution is 2.26. The molecule has 4 rings (SSSR count). The van der Waals surface area contributed by atoms with Crippen LogP contribution in [0.4, 0.5) is 4.79 Å². The minimum absolute atomic E-state index is 0.0201. The molecule has 0 unspecified atom stereocenters. The number of rotatable bonds is 1. The Kier molecular flexibility index (Phi) is 4.00. The Morgan fingerprint density at radius 3 is 2.70 bits per heavy atom. The minimum atomic E-state index is -0.634. The number of ketones is 2. The number of carbonyl (C=O) groups is 3. The van der Waals surface area contributed by atoms with Crippen molar-refractivity contribution in [3.63, 3.8) is 0 Å². The second kappa shape index (κ2) is 6.36. The average molecular weight is 369 g/mol. The van der Waals surface area contributed by atoms with E-state index in [9.17, 15) is 19.6 Å². The minimum Gasteiger partial charge on any atom is -0.672 e. The van der Waals surface area contributed by atoms with Gasteiger partial charge in [0.05, 0.1) is 5.11 Å². The average Bonchev–Trinajstić information content (AvgIpc) is 3.01. The summed E-state index contributed by atoms with van der Waals surface area (Å²) in [6, 6.07) is 4.15. The van der Waals surface area contributed by atoms with Crippen LogP contribution in [-0.4, -0.2) is 58.6 Å². The molecule has 2 heterocycles. The fourth-order valence-corrected chi connectivity index (χ4v) is 3.08. The van der Waals surface area contributed by atoms with Gasteiger partial charge in [-0.15, -0.1) is 0 Å². The third-order valence-electron chi connectivity index (χ3n) is 4.47. The van der Waals surface area contributed by atoms with E-state index in [1.54, 1.807) is 19.1 Å². The number of nitrogens with one attached hydrogen (secondary N) is 1. The maximum atomic E-state index is 12.8. The summed E-state index contributed by atoms with van der Waals surface area (Å²) in [5.41, 5.74) is 0.523. The fraction of sp³-hybridized carbons (Fsp3) is 0.312. The highest BCUT2D eigenvalue weighted by Gasteiger charge is 2.39. The van der Waals surface area contributed by atoms with Gasteiger partial charge in [0.1, 0.15) is 0 Å². The van der Waals surface area contributed by atoms with Gasteiger partial charge in [-0.25, -0.2) is 4.79 Å². The molecule has 1 saturated heterocycles. The number of hydrogen-bond donors (Lipinski definition) is 1. The first-order valence-electron chi connectivity index (χ1n) is 8.32. The summed E-state index contributed by atoms with van der Waals surface area (Å²) in [6.45, 7) is 3.96. The highest BCUT2D eigenvalue weighted by molar-refractivity contribution is 6.26. The van der Waals surface area contributed by atoms with E-state index < -0.39 is 17.6 Å². The number of nitrogens with zero attached hydrogens (tertiary/aromatic N) is 6. The molecular weight excluding hydrogens is 354 g/mol. The fourth-order valence-electron chi connectivity index (χ4n) is 3.08. The summed E-state index contributed by atoms with van der Waals surface area (Å²) >= 11 is 0. The van der Waals surface area contributed by atoms with Gasteiger partial charge in [0.15, 0.2) is 10.9 Å². The molecule has 0 spiro atoms. The third-order valence-corrected chi connectivity index (χ3v) is 4.47. The van der Waals surface area contributed by atoms with Crippen LogP contribution in [0.2, 0.25) is 0 Å². The van der Waals surface area contributed by atoms with E-state index in [1.807, 2.05) is 0 Å². The lowest BCUT2D eigenvalue weighted by Crippen LogP contribution is -2.45. The third kappa shape index (κ3) is 2.77. The molecule has 27 heavy (non-hydrogen) atoms. The van der Waals surface area contributed by atoms with Crippen molar-refractivity contribution in [3.05, 3.63) is 51.5 Å². The van der Waals surface area contributed by atoms with Crippen LogP contribution < -0.4 is 10.3 Å². The van der Waals surface area contributed by atoms with Crippen LogP contribution in [0.5, 0.6) is 0 Å². The van der Waals surface area contributed by atoms with Gasteiger partial charge >= 0.3 is 6.03 Å². The second-order valence-electron chi connectivity index (χ2n) is 6.26. The highest BCUT2D eigenvalue weighted by atomic mass is 16.5. The van der Waals surface area contributed by atoms with E-state index in [2.05, 4.69) is 20.8 Å². The van der Waals surface area contributed by atoms with Gasteiger partial charge < -0.3 is 15.4 Å². The summed E-state index contributed by atoms with van der Waals surface area (Å²) in [6.07, 6.45) is 0. The van der Waals surface area contributed by atoms with Crippen molar-refractivity contribution in [3.8, 4) is 0 Å². The van der Waals surface area contributed by atoms with Crippen molar-refractivity contribution in [2.24, 2.45) is 10.3 Å². The number of hydrogen-bond acceptors (Lipinski definition) is 7. The van der Waals surface area contributed by atoms with Crippen LogP contribution in [0.3, 0.4) is 0 Å². The van der Waals surface area contributed by atoms with E-state index >= 15 is 0 Å². The van der Waals surface area contributed by atoms with Crippen LogP contribution in [0, 0.1) is 12.1 Å². The summed E-state index contributed by atoms with van der Waals surface area (Å²) in [5, 5.41) is 25.8. The first-order valence-corrected chi connectivity index (χ1v) is 8.32. The first kappa shape index (κ1) is 17.0. The van der Waals surface area contributed by atoms with Crippen molar-refractivity contribution in [1.29, 1.82) is 0 Å². The normalized spacial score (nSPS) is 16.6. The Labute approximate surface area is 152 Å². The topological polar surface area (TPSA) is 136 Å². The number of fused-ring (bicyclic) bond motifs is 2. The van der Waals surface area contributed by atoms with Gasteiger partial charge in [-0.2, -0.15) is 0 Å². The summed E-state index contributed by atoms with van der Waals surface area (Å²) in [7, 11) is 0. The zero-order valence-corrected chi connectivity index (χ0v) is 14.4. The monoisotopic (exact) mass is 369 g/mol. The zero-order valence-electron chi connectivity index (χ0n) is 14.4. The number of amides is 2. The molecule has 2 aromatic rings. The van der Waals surface area contributed by atoms with Crippen LogP contribution in [0.1, 0.15) is 37.7 Å². The lowest BCUT2D eigenvalue weighted by molar-refractivity contribution is -0.748. The van der Waals surface area contributed by atoms with E-state index in [4.69, 9.17) is 0 Å². The van der Waals surface area contributed by atoms with Gasteiger partial charge in [0.2, 0.25) is 17.3 Å². The quantitative estimate of drug-likeness (QED) is 0.360. The van der Waals surface area contributed by atoms with E-state index in [0.29, 0.717) is 31.0 Å². The number of aromatic nitrogens is 3. The Hall–Kier alpha value is -3.47. The molecule has 1 fully saturated rings. The van der Waals surface area contributed by atoms with Crippen molar-refractivity contribution in [2.45, 2.75) is 6.92 Å². The smallest absolute Gasteiger partial charge is 0.386 e. The molecule has 0 radical (unpaired) electrons. The van der Waals surface area contributed by atoms with Crippen LogP contribution >= 0.6 is 0 Å². The molecule has 1 aliphatic heterocycles. The molecule has 1 aromatic carbocycles. The zero-order chi connectivity index (χ0) is 19.1. The van der Waals surface area contributed by atoms with Gasteiger partial charge in [-0.05, 0) is 24.0 Å². The molecule has 0 saturated carbocycles. The number of benzene rings is 1. The van der Waals surface area contributed by atoms with Crippen LogP contribution in [0.25, 0.3) is 0 Å². The number of urea groups is 1.